The molecule has 1 N–H and O–H groups in total. The summed E-state index contributed by atoms with van der Waals surface area (Å²) in [5.74, 6) is -0.299. The van der Waals surface area contributed by atoms with Crippen molar-refractivity contribution in [3.8, 4) is 0 Å². The Bertz CT molecular complexity index is 878. The highest BCUT2D eigenvalue weighted by atomic mass is 32.1. The van der Waals surface area contributed by atoms with E-state index in [4.69, 9.17) is 4.74 Å². The van der Waals surface area contributed by atoms with Crippen LogP contribution in [0.2, 0.25) is 0 Å². The summed E-state index contributed by atoms with van der Waals surface area (Å²) in [6, 6.07) is 6.95. The molecule has 0 spiro atoms. The van der Waals surface area contributed by atoms with Gasteiger partial charge in [0, 0.05) is 30.6 Å². The highest BCUT2D eigenvalue weighted by molar-refractivity contribution is 7.13. The Balaban J connectivity index is 1.27. The number of hydrogen-bond acceptors (Lipinski definition) is 6. The van der Waals surface area contributed by atoms with Gasteiger partial charge in [-0.25, -0.2) is 4.98 Å². The van der Waals surface area contributed by atoms with E-state index in [9.17, 15) is 9.59 Å². The van der Waals surface area contributed by atoms with Gasteiger partial charge >= 0.3 is 0 Å². The largest absolute Gasteiger partial charge is 0.379 e. The van der Waals surface area contributed by atoms with E-state index in [2.05, 4.69) is 15.2 Å². The van der Waals surface area contributed by atoms with Gasteiger partial charge in [-0.05, 0) is 37.9 Å². The zero-order valence-electron chi connectivity index (χ0n) is 16.6. The van der Waals surface area contributed by atoms with Crippen molar-refractivity contribution in [3.05, 3.63) is 46.5 Å². The van der Waals surface area contributed by atoms with Gasteiger partial charge < -0.3 is 15.0 Å². The zero-order chi connectivity index (χ0) is 20.2. The molecule has 4 rings (SSSR count). The van der Waals surface area contributed by atoms with Crippen LogP contribution in [0.1, 0.15) is 35.0 Å². The maximum absolute atomic E-state index is 12.7. The predicted octanol–water partition coefficient (Wildman–Crippen LogP) is 2.39. The topological polar surface area (TPSA) is 74.8 Å². The summed E-state index contributed by atoms with van der Waals surface area (Å²) in [4.78, 5) is 33.8. The second-order valence-electron chi connectivity index (χ2n) is 7.46. The van der Waals surface area contributed by atoms with Gasteiger partial charge in [0.15, 0.2) is 5.13 Å². The third-order valence-electron chi connectivity index (χ3n) is 5.49. The molecule has 0 saturated carbocycles. The molecule has 0 aliphatic carbocycles. The molecule has 1 aromatic carbocycles. The Hall–Kier alpha value is -2.29. The number of nitrogens with zero attached hydrogens (tertiary/aromatic N) is 3. The van der Waals surface area contributed by atoms with Crippen molar-refractivity contribution in [2.75, 3.05) is 38.2 Å². The third-order valence-corrected chi connectivity index (χ3v) is 6.30. The number of nitrogens with one attached hydrogen (secondary N) is 1. The van der Waals surface area contributed by atoms with E-state index in [0.717, 1.165) is 56.9 Å². The fourth-order valence-corrected chi connectivity index (χ4v) is 4.48. The number of hydrogen-bond donors (Lipinski definition) is 1. The lowest BCUT2D eigenvalue weighted by Crippen LogP contribution is -2.42. The first-order valence-electron chi connectivity index (χ1n) is 10.1. The zero-order valence-corrected chi connectivity index (χ0v) is 17.4. The number of ether oxygens (including phenoxy) is 1. The number of anilines is 1. The molecule has 3 heterocycles. The molecule has 29 heavy (non-hydrogen) atoms. The van der Waals surface area contributed by atoms with Gasteiger partial charge in [0.25, 0.3) is 5.91 Å². The van der Waals surface area contributed by atoms with Gasteiger partial charge in [-0.3, -0.25) is 14.5 Å². The first kappa shape index (κ1) is 20.0. The number of amides is 2. The molecule has 0 unspecified atom stereocenters. The van der Waals surface area contributed by atoms with Gasteiger partial charge in [0.1, 0.15) is 6.04 Å². The van der Waals surface area contributed by atoms with Crippen molar-refractivity contribution >= 4 is 28.3 Å². The minimum Gasteiger partial charge on any atom is -0.379 e. The second-order valence-corrected chi connectivity index (χ2v) is 8.32. The molecule has 2 aromatic rings. The Morgan fingerprint density at radius 1 is 1.31 bits per heavy atom. The highest BCUT2D eigenvalue weighted by Crippen LogP contribution is 2.25. The van der Waals surface area contributed by atoms with Crippen molar-refractivity contribution in [1.29, 1.82) is 0 Å². The van der Waals surface area contributed by atoms with Crippen LogP contribution in [0.3, 0.4) is 0 Å². The average molecular weight is 415 g/mol. The molecule has 1 atom stereocenters. The number of aromatic nitrogens is 1. The maximum atomic E-state index is 12.7. The normalized spacial score (nSPS) is 18.0. The summed E-state index contributed by atoms with van der Waals surface area (Å²) in [5.41, 5.74) is 2.65. The highest BCUT2D eigenvalue weighted by Gasteiger charge is 2.33. The second kappa shape index (κ2) is 9.02. The van der Waals surface area contributed by atoms with Crippen LogP contribution in [0.5, 0.6) is 0 Å². The molecule has 1 saturated heterocycles. The molecule has 0 radical (unpaired) electrons. The summed E-state index contributed by atoms with van der Waals surface area (Å²) in [6.07, 6.45) is 1.92. The summed E-state index contributed by atoms with van der Waals surface area (Å²) in [5, 5.41) is 5.46. The molecule has 0 bridgehead atoms. The molecule has 1 fully saturated rings. The summed E-state index contributed by atoms with van der Waals surface area (Å²) >= 11 is 1.43. The van der Waals surface area contributed by atoms with E-state index in [-0.39, 0.29) is 11.8 Å². The van der Waals surface area contributed by atoms with Gasteiger partial charge in [0.05, 0.1) is 18.9 Å². The molecule has 154 valence electrons. The summed E-state index contributed by atoms with van der Waals surface area (Å²) in [6.45, 7) is 6.89. The standard InChI is InChI=1S/C21H26N4O3S/c1-15(25-13-16-5-2-3-7-18(16)20(25)27)19(26)23-21-22-17(14-29-21)6-4-8-24-9-11-28-12-10-24/h2-3,5,7,14-15H,4,6,8-13H2,1H3,(H,22,23,26)/t15-/m1/s1. The number of aryl methyl sites for hydroxylation is 1. The number of morpholine rings is 1. The fourth-order valence-electron chi connectivity index (χ4n) is 3.73. The molecular formula is C21H26N4O3S. The Morgan fingerprint density at radius 3 is 2.90 bits per heavy atom. The maximum Gasteiger partial charge on any atom is 0.255 e. The number of rotatable bonds is 7. The molecule has 7 nitrogen and oxygen atoms in total. The molecule has 8 heteroatoms. The first-order chi connectivity index (χ1) is 14.1. The molecule has 1 aromatic heterocycles. The van der Waals surface area contributed by atoms with E-state index in [0.29, 0.717) is 17.2 Å². The van der Waals surface area contributed by atoms with Gasteiger partial charge in [-0.2, -0.15) is 0 Å². The van der Waals surface area contributed by atoms with Crippen molar-refractivity contribution in [3.63, 3.8) is 0 Å². The van der Waals surface area contributed by atoms with E-state index in [1.54, 1.807) is 11.8 Å². The van der Waals surface area contributed by atoms with E-state index in [1.165, 1.54) is 11.3 Å². The smallest absolute Gasteiger partial charge is 0.255 e. The van der Waals surface area contributed by atoms with Crippen LogP contribution < -0.4 is 5.32 Å². The van der Waals surface area contributed by atoms with Crippen LogP contribution in [0.15, 0.2) is 29.6 Å². The number of fused-ring (bicyclic) bond motifs is 1. The molecule has 2 amide bonds. The van der Waals surface area contributed by atoms with Crippen LogP contribution in [-0.4, -0.2) is 65.5 Å². The van der Waals surface area contributed by atoms with Crippen LogP contribution in [0.4, 0.5) is 5.13 Å². The van der Waals surface area contributed by atoms with Gasteiger partial charge in [0.2, 0.25) is 5.91 Å². The van der Waals surface area contributed by atoms with Crippen molar-refractivity contribution in [1.82, 2.24) is 14.8 Å². The van der Waals surface area contributed by atoms with Crippen molar-refractivity contribution in [2.24, 2.45) is 0 Å². The third kappa shape index (κ3) is 4.66. The van der Waals surface area contributed by atoms with Crippen LogP contribution in [0.25, 0.3) is 0 Å². The van der Waals surface area contributed by atoms with E-state index >= 15 is 0 Å². The Kier molecular flexibility index (Phi) is 6.22. The molecular weight excluding hydrogens is 388 g/mol. The average Bonchev–Trinajstić information content (AvgIpc) is 3.32. The van der Waals surface area contributed by atoms with E-state index < -0.39 is 6.04 Å². The summed E-state index contributed by atoms with van der Waals surface area (Å²) < 4.78 is 5.37. The molecule has 2 aliphatic rings. The van der Waals surface area contributed by atoms with E-state index in [1.807, 2.05) is 29.6 Å². The van der Waals surface area contributed by atoms with Crippen LogP contribution >= 0.6 is 11.3 Å². The lowest BCUT2D eigenvalue weighted by molar-refractivity contribution is -0.120. The lowest BCUT2D eigenvalue weighted by atomic mass is 10.1. The number of carbonyl (C=O) groups is 2. The number of benzene rings is 1. The van der Waals surface area contributed by atoms with Gasteiger partial charge in [-0.1, -0.05) is 18.2 Å². The van der Waals surface area contributed by atoms with Crippen molar-refractivity contribution < 1.29 is 14.3 Å². The Morgan fingerprint density at radius 2 is 2.10 bits per heavy atom. The van der Waals surface area contributed by atoms with Crippen LogP contribution in [0, 0.1) is 0 Å². The first-order valence-corrected chi connectivity index (χ1v) is 10.9. The SMILES string of the molecule is C[C@H](C(=O)Nc1nc(CCCN2CCOCC2)cs1)N1Cc2ccccc2C1=O. The minimum absolute atomic E-state index is 0.0915. The minimum atomic E-state index is -0.552. The Labute approximate surface area is 174 Å². The monoisotopic (exact) mass is 414 g/mol. The number of thiazole rings is 1. The lowest BCUT2D eigenvalue weighted by Gasteiger charge is -2.26. The molecule has 2 aliphatic heterocycles. The van der Waals surface area contributed by atoms with Crippen LogP contribution in [-0.2, 0) is 22.5 Å². The quantitative estimate of drug-likeness (QED) is 0.753. The predicted molar refractivity (Wildman–Crippen MR) is 112 cm³/mol. The summed E-state index contributed by atoms with van der Waals surface area (Å²) in [7, 11) is 0. The fraction of sp³-hybridized carbons (Fsp3) is 0.476. The van der Waals surface area contributed by atoms with Crippen molar-refractivity contribution in [2.45, 2.75) is 32.4 Å². The number of carbonyl (C=O) groups excluding carboxylic acids is 2. The van der Waals surface area contributed by atoms with Gasteiger partial charge in [-0.15, -0.1) is 11.3 Å².